The fourth-order valence-electron chi connectivity index (χ4n) is 2.33. The first-order valence-corrected chi connectivity index (χ1v) is 5.72. The average molecular weight is 205 g/mol. The Morgan fingerprint density at radius 3 is 2.40 bits per heavy atom. The zero-order valence-corrected chi connectivity index (χ0v) is 9.51. The first kappa shape index (κ1) is 10.5. The molecule has 0 radical (unpaired) electrons. The molecule has 2 N–H and O–H groups in total. The van der Waals surface area contributed by atoms with Crippen molar-refractivity contribution in [3.8, 4) is 5.75 Å². The molecule has 1 aromatic rings. The molecule has 0 bridgehead atoms. The van der Waals surface area contributed by atoms with Gasteiger partial charge in [-0.1, -0.05) is 18.6 Å². The van der Waals surface area contributed by atoms with E-state index >= 15 is 0 Å². The Morgan fingerprint density at radius 1 is 1.20 bits per heavy atom. The van der Waals surface area contributed by atoms with E-state index in [1.807, 2.05) is 13.8 Å². The standard InChI is InChI=1S/C13H19NO/c1-9-7-11(8-10(2)13(9)15)12-5-3-4-6-14-12/h7-8,12,14-15H,3-6H2,1-2H3/t12-/m1/s1. The van der Waals surface area contributed by atoms with E-state index in [2.05, 4.69) is 17.4 Å². The molecule has 1 aliphatic heterocycles. The molecular formula is C13H19NO. The summed E-state index contributed by atoms with van der Waals surface area (Å²) in [7, 11) is 0. The second-order valence-corrected chi connectivity index (χ2v) is 4.51. The van der Waals surface area contributed by atoms with Gasteiger partial charge in [0.15, 0.2) is 0 Å². The van der Waals surface area contributed by atoms with Gasteiger partial charge in [0, 0.05) is 6.04 Å². The molecule has 1 fully saturated rings. The normalized spacial score (nSPS) is 21.6. The van der Waals surface area contributed by atoms with E-state index in [1.165, 1.54) is 24.8 Å². The number of piperidine rings is 1. The Hall–Kier alpha value is -1.02. The summed E-state index contributed by atoms with van der Waals surface area (Å²) < 4.78 is 0. The summed E-state index contributed by atoms with van der Waals surface area (Å²) >= 11 is 0. The van der Waals surface area contributed by atoms with Gasteiger partial charge in [0.2, 0.25) is 0 Å². The van der Waals surface area contributed by atoms with Crippen LogP contribution in [0.5, 0.6) is 5.75 Å². The number of nitrogens with one attached hydrogen (secondary N) is 1. The van der Waals surface area contributed by atoms with Crippen molar-refractivity contribution in [1.82, 2.24) is 5.32 Å². The fraction of sp³-hybridized carbons (Fsp3) is 0.538. The highest BCUT2D eigenvalue weighted by Crippen LogP contribution is 2.29. The van der Waals surface area contributed by atoms with Crippen molar-refractivity contribution in [2.24, 2.45) is 0 Å². The molecule has 2 nitrogen and oxygen atoms in total. The largest absolute Gasteiger partial charge is 0.507 e. The summed E-state index contributed by atoms with van der Waals surface area (Å²) in [5, 5.41) is 13.2. The highest BCUT2D eigenvalue weighted by atomic mass is 16.3. The van der Waals surface area contributed by atoms with Gasteiger partial charge in [-0.05, 0) is 49.9 Å². The maximum atomic E-state index is 9.71. The Balaban J connectivity index is 2.27. The lowest BCUT2D eigenvalue weighted by Crippen LogP contribution is -2.26. The van der Waals surface area contributed by atoms with Crippen molar-refractivity contribution < 1.29 is 5.11 Å². The molecule has 0 saturated carbocycles. The molecule has 0 aliphatic carbocycles. The van der Waals surface area contributed by atoms with Crippen LogP contribution in [0.25, 0.3) is 0 Å². The summed E-state index contributed by atoms with van der Waals surface area (Å²) in [6.07, 6.45) is 3.80. The molecule has 0 amide bonds. The molecule has 0 unspecified atom stereocenters. The van der Waals surface area contributed by atoms with Crippen LogP contribution in [-0.4, -0.2) is 11.7 Å². The first-order chi connectivity index (χ1) is 7.18. The van der Waals surface area contributed by atoms with Crippen LogP contribution in [0, 0.1) is 13.8 Å². The number of aryl methyl sites for hydroxylation is 2. The van der Waals surface area contributed by atoms with Crippen molar-refractivity contribution in [3.05, 3.63) is 28.8 Å². The summed E-state index contributed by atoms with van der Waals surface area (Å²) in [5.41, 5.74) is 3.29. The third-order valence-corrected chi connectivity index (χ3v) is 3.23. The third kappa shape index (κ3) is 2.15. The zero-order chi connectivity index (χ0) is 10.8. The van der Waals surface area contributed by atoms with Crippen LogP contribution in [0.3, 0.4) is 0 Å². The molecule has 1 heterocycles. The van der Waals surface area contributed by atoms with E-state index in [0.717, 1.165) is 17.7 Å². The van der Waals surface area contributed by atoms with Gasteiger partial charge in [-0.3, -0.25) is 0 Å². The molecule has 0 spiro atoms. The van der Waals surface area contributed by atoms with Crippen molar-refractivity contribution in [1.29, 1.82) is 0 Å². The van der Waals surface area contributed by atoms with E-state index < -0.39 is 0 Å². The van der Waals surface area contributed by atoms with Gasteiger partial charge in [0.05, 0.1) is 0 Å². The molecular weight excluding hydrogens is 186 g/mol. The number of hydrogen-bond donors (Lipinski definition) is 2. The first-order valence-electron chi connectivity index (χ1n) is 5.72. The van der Waals surface area contributed by atoms with Gasteiger partial charge in [0.25, 0.3) is 0 Å². The van der Waals surface area contributed by atoms with Gasteiger partial charge in [-0.15, -0.1) is 0 Å². The lowest BCUT2D eigenvalue weighted by atomic mass is 9.94. The van der Waals surface area contributed by atoms with Crippen LogP contribution in [0.1, 0.15) is 42.0 Å². The van der Waals surface area contributed by atoms with Crippen molar-refractivity contribution in [3.63, 3.8) is 0 Å². The van der Waals surface area contributed by atoms with Gasteiger partial charge in [-0.25, -0.2) is 0 Å². The fourth-order valence-corrected chi connectivity index (χ4v) is 2.33. The number of hydrogen-bond acceptors (Lipinski definition) is 2. The minimum Gasteiger partial charge on any atom is -0.507 e. The van der Waals surface area contributed by atoms with Crippen LogP contribution >= 0.6 is 0 Å². The van der Waals surface area contributed by atoms with Crippen LogP contribution in [-0.2, 0) is 0 Å². The number of rotatable bonds is 1. The number of aromatic hydroxyl groups is 1. The van der Waals surface area contributed by atoms with E-state index in [1.54, 1.807) is 0 Å². The van der Waals surface area contributed by atoms with E-state index in [0.29, 0.717) is 11.8 Å². The van der Waals surface area contributed by atoms with Crippen LogP contribution in [0.15, 0.2) is 12.1 Å². The van der Waals surface area contributed by atoms with Crippen molar-refractivity contribution >= 4 is 0 Å². The molecule has 1 atom stereocenters. The van der Waals surface area contributed by atoms with E-state index in [-0.39, 0.29) is 0 Å². The lowest BCUT2D eigenvalue weighted by Gasteiger charge is -2.24. The third-order valence-electron chi connectivity index (χ3n) is 3.23. The predicted octanol–water partition coefficient (Wildman–Crippen LogP) is 2.82. The second kappa shape index (κ2) is 4.23. The smallest absolute Gasteiger partial charge is 0.121 e. The second-order valence-electron chi connectivity index (χ2n) is 4.51. The Kier molecular flexibility index (Phi) is 2.96. The van der Waals surface area contributed by atoms with Gasteiger partial charge >= 0.3 is 0 Å². The monoisotopic (exact) mass is 205 g/mol. The van der Waals surface area contributed by atoms with Gasteiger partial charge in [-0.2, -0.15) is 0 Å². The lowest BCUT2D eigenvalue weighted by molar-refractivity contribution is 0.410. The number of benzene rings is 1. The quantitative estimate of drug-likeness (QED) is 0.739. The van der Waals surface area contributed by atoms with Crippen molar-refractivity contribution in [2.45, 2.75) is 39.2 Å². The summed E-state index contributed by atoms with van der Waals surface area (Å²) in [5.74, 6) is 0.439. The highest BCUT2D eigenvalue weighted by Gasteiger charge is 2.16. The van der Waals surface area contributed by atoms with Gasteiger partial charge < -0.3 is 10.4 Å². The zero-order valence-electron chi connectivity index (χ0n) is 9.51. The Bertz CT molecular complexity index is 331. The number of phenols is 1. The summed E-state index contributed by atoms with van der Waals surface area (Å²) in [4.78, 5) is 0. The molecule has 2 heteroatoms. The van der Waals surface area contributed by atoms with Crippen LogP contribution in [0.4, 0.5) is 0 Å². The highest BCUT2D eigenvalue weighted by molar-refractivity contribution is 5.43. The molecule has 1 aromatic carbocycles. The number of phenolic OH excluding ortho intramolecular Hbond substituents is 1. The maximum absolute atomic E-state index is 9.71. The minimum absolute atomic E-state index is 0.439. The van der Waals surface area contributed by atoms with E-state index in [4.69, 9.17) is 0 Å². The molecule has 0 aromatic heterocycles. The van der Waals surface area contributed by atoms with E-state index in [9.17, 15) is 5.11 Å². The Morgan fingerprint density at radius 2 is 1.87 bits per heavy atom. The maximum Gasteiger partial charge on any atom is 0.121 e. The van der Waals surface area contributed by atoms with Crippen molar-refractivity contribution in [2.75, 3.05) is 6.54 Å². The molecule has 15 heavy (non-hydrogen) atoms. The SMILES string of the molecule is Cc1cc([C@H]2CCCCN2)cc(C)c1O. The Labute approximate surface area is 91.3 Å². The molecule has 1 saturated heterocycles. The van der Waals surface area contributed by atoms with Gasteiger partial charge in [0.1, 0.15) is 5.75 Å². The summed E-state index contributed by atoms with van der Waals surface area (Å²) in [6, 6.07) is 4.69. The average Bonchev–Trinajstić information content (AvgIpc) is 2.26. The van der Waals surface area contributed by atoms with Crippen LogP contribution in [0.2, 0.25) is 0 Å². The molecule has 82 valence electrons. The molecule has 1 aliphatic rings. The minimum atomic E-state index is 0.439. The summed E-state index contributed by atoms with van der Waals surface area (Å²) in [6.45, 7) is 5.05. The topological polar surface area (TPSA) is 32.3 Å². The van der Waals surface area contributed by atoms with Crippen LogP contribution < -0.4 is 5.32 Å². The predicted molar refractivity (Wildman–Crippen MR) is 62.2 cm³/mol. The molecule has 2 rings (SSSR count).